The Balaban J connectivity index is 3.00. The maximum Gasteiger partial charge on any atom is 0.0497 e. The summed E-state index contributed by atoms with van der Waals surface area (Å²) in [6.07, 6.45) is 0. The van der Waals surface area contributed by atoms with Crippen LogP contribution in [0.2, 0.25) is 0 Å². The molecular weight excluding hydrogens is 148 g/mol. The van der Waals surface area contributed by atoms with E-state index in [0.29, 0.717) is 0 Å². The number of aliphatic hydroxyl groups excluding tert-OH is 1. The second-order valence-corrected chi connectivity index (χ2v) is 3.50. The fraction of sp³-hybridized carbons (Fsp3) is 0.455. The van der Waals surface area contributed by atoms with Gasteiger partial charge in [-0.15, -0.1) is 0 Å². The summed E-state index contributed by atoms with van der Waals surface area (Å²) in [4.78, 5) is 0. The van der Waals surface area contributed by atoms with Crippen LogP contribution in [0.3, 0.4) is 0 Å². The Kier molecular flexibility index (Phi) is 2.88. The average Bonchev–Trinajstić information content (AvgIpc) is 2.01. The molecule has 1 aromatic carbocycles. The van der Waals surface area contributed by atoms with Gasteiger partial charge in [-0.1, -0.05) is 36.2 Å². The van der Waals surface area contributed by atoms with Crippen LogP contribution in [-0.4, -0.2) is 11.7 Å². The van der Waals surface area contributed by atoms with E-state index in [1.54, 1.807) is 0 Å². The van der Waals surface area contributed by atoms with Crippen molar-refractivity contribution in [2.45, 2.75) is 26.7 Å². The molecule has 0 fully saturated rings. The van der Waals surface area contributed by atoms with Crippen molar-refractivity contribution in [2.75, 3.05) is 6.61 Å². The van der Waals surface area contributed by atoms with Gasteiger partial charge in [-0.25, -0.2) is 0 Å². The fourth-order valence-corrected chi connectivity index (χ4v) is 1.40. The number of hydrogen-bond acceptors (Lipinski definition) is 1. The Hall–Kier alpha value is -0.820. The minimum atomic E-state index is 0.225. The Bertz CT molecular complexity index is 245. The van der Waals surface area contributed by atoms with Gasteiger partial charge in [0, 0.05) is 12.5 Å². The number of rotatable bonds is 2. The lowest BCUT2D eigenvalue weighted by atomic mass is 9.98. The van der Waals surface area contributed by atoms with E-state index in [1.807, 2.05) is 6.92 Å². The van der Waals surface area contributed by atoms with Gasteiger partial charge in [-0.05, 0) is 19.4 Å². The standard InChI is InChI=1S/C11H16O/c1-8-4-9(2)6-11(5-8)10(3)7-12/h4-6,10,12H,7H2,1-3H3/t10-/m1/s1. The summed E-state index contributed by atoms with van der Waals surface area (Å²) < 4.78 is 0. The van der Waals surface area contributed by atoms with Gasteiger partial charge in [0.1, 0.15) is 0 Å². The van der Waals surface area contributed by atoms with E-state index < -0.39 is 0 Å². The summed E-state index contributed by atoms with van der Waals surface area (Å²) in [6, 6.07) is 6.41. The maximum atomic E-state index is 8.97. The number of hydrogen-bond donors (Lipinski definition) is 1. The summed E-state index contributed by atoms with van der Waals surface area (Å²) in [5.74, 6) is 0.253. The van der Waals surface area contributed by atoms with Crippen molar-refractivity contribution in [2.24, 2.45) is 0 Å². The summed E-state index contributed by atoms with van der Waals surface area (Å²) >= 11 is 0. The van der Waals surface area contributed by atoms with Gasteiger partial charge in [-0.3, -0.25) is 0 Å². The van der Waals surface area contributed by atoms with E-state index in [9.17, 15) is 0 Å². The lowest BCUT2D eigenvalue weighted by molar-refractivity contribution is 0.273. The van der Waals surface area contributed by atoms with Gasteiger partial charge < -0.3 is 5.11 Å². The summed E-state index contributed by atoms with van der Waals surface area (Å²) in [5.41, 5.74) is 3.77. The third-order valence-corrected chi connectivity index (χ3v) is 2.09. The minimum absolute atomic E-state index is 0.225. The zero-order valence-electron chi connectivity index (χ0n) is 7.96. The Morgan fingerprint density at radius 3 is 2.08 bits per heavy atom. The van der Waals surface area contributed by atoms with Gasteiger partial charge in [0.15, 0.2) is 0 Å². The molecule has 1 aromatic rings. The van der Waals surface area contributed by atoms with Gasteiger partial charge in [0.25, 0.3) is 0 Å². The summed E-state index contributed by atoms with van der Waals surface area (Å²) in [5, 5.41) is 8.97. The fourth-order valence-electron chi connectivity index (χ4n) is 1.40. The molecule has 0 aliphatic rings. The molecule has 0 radical (unpaired) electrons. The van der Waals surface area contributed by atoms with E-state index in [4.69, 9.17) is 5.11 Å². The van der Waals surface area contributed by atoms with Crippen molar-refractivity contribution >= 4 is 0 Å². The van der Waals surface area contributed by atoms with E-state index in [-0.39, 0.29) is 12.5 Å². The molecule has 0 saturated carbocycles. The highest BCUT2D eigenvalue weighted by Gasteiger charge is 2.03. The van der Waals surface area contributed by atoms with Crippen molar-refractivity contribution in [3.8, 4) is 0 Å². The first-order valence-corrected chi connectivity index (χ1v) is 4.32. The number of aryl methyl sites for hydroxylation is 2. The monoisotopic (exact) mass is 164 g/mol. The average molecular weight is 164 g/mol. The quantitative estimate of drug-likeness (QED) is 0.711. The smallest absolute Gasteiger partial charge is 0.0497 e. The van der Waals surface area contributed by atoms with Crippen LogP contribution in [-0.2, 0) is 0 Å². The van der Waals surface area contributed by atoms with Crippen LogP contribution in [0.1, 0.15) is 29.5 Å². The molecule has 1 N–H and O–H groups in total. The molecule has 0 aliphatic heterocycles. The largest absolute Gasteiger partial charge is 0.396 e. The molecular formula is C11H16O. The van der Waals surface area contributed by atoms with Crippen molar-refractivity contribution in [1.29, 1.82) is 0 Å². The van der Waals surface area contributed by atoms with Gasteiger partial charge >= 0.3 is 0 Å². The van der Waals surface area contributed by atoms with Gasteiger partial charge in [0.05, 0.1) is 0 Å². The van der Waals surface area contributed by atoms with Crippen LogP contribution in [0, 0.1) is 13.8 Å². The third-order valence-electron chi connectivity index (χ3n) is 2.09. The van der Waals surface area contributed by atoms with Gasteiger partial charge in [0.2, 0.25) is 0 Å². The minimum Gasteiger partial charge on any atom is -0.396 e. The predicted octanol–water partition coefficient (Wildman–Crippen LogP) is 2.40. The topological polar surface area (TPSA) is 20.2 Å². The van der Waals surface area contributed by atoms with Crippen molar-refractivity contribution in [3.05, 3.63) is 34.9 Å². The number of aliphatic hydroxyl groups is 1. The first kappa shape index (κ1) is 9.27. The Morgan fingerprint density at radius 2 is 1.67 bits per heavy atom. The normalized spacial score (nSPS) is 13.0. The van der Waals surface area contributed by atoms with Crippen LogP contribution in [0.25, 0.3) is 0 Å². The second-order valence-electron chi connectivity index (χ2n) is 3.50. The number of benzene rings is 1. The molecule has 0 heterocycles. The third kappa shape index (κ3) is 2.08. The summed E-state index contributed by atoms with van der Waals surface area (Å²) in [7, 11) is 0. The molecule has 0 saturated heterocycles. The van der Waals surface area contributed by atoms with Crippen LogP contribution >= 0.6 is 0 Å². The van der Waals surface area contributed by atoms with Crippen LogP contribution in [0.15, 0.2) is 18.2 Å². The molecule has 0 aliphatic carbocycles. The predicted molar refractivity (Wildman–Crippen MR) is 51.4 cm³/mol. The second kappa shape index (κ2) is 3.72. The highest BCUT2D eigenvalue weighted by molar-refractivity contribution is 5.30. The van der Waals surface area contributed by atoms with E-state index in [2.05, 4.69) is 32.0 Å². The molecule has 0 unspecified atom stereocenters. The molecule has 66 valence electrons. The zero-order valence-corrected chi connectivity index (χ0v) is 7.96. The van der Waals surface area contributed by atoms with E-state index >= 15 is 0 Å². The molecule has 0 amide bonds. The van der Waals surface area contributed by atoms with Crippen LogP contribution in [0.4, 0.5) is 0 Å². The highest BCUT2D eigenvalue weighted by Crippen LogP contribution is 2.17. The lowest BCUT2D eigenvalue weighted by Crippen LogP contribution is -1.99. The first-order chi connectivity index (χ1) is 5.63. The van der Waals surface area contributed by atoms with Gasteiger partial charge in [-0.2, -0.15) is 0 Å². The van der Waals surface area contributed by atoms with E-state index in [0.717, 1.165) is 0 Å². The molecule has 0 spiro atoms. The molecule has 0 bridgehead atoms. The Morgan fingerprint density at radius 1 is 1.17 bits per heavy atom. The van der Waals surface area contributed by atoms with Crippen molar-refractivity contribution in [3.63, 3.8) is 0 Å². The van der Waals surface area contributed by atoms with E-state index in [1.165, 1.54) is 16.7 Å². The Labute approximate surface area is 74.1 Å². The van der Waals surface area contributed by atoms with Crippen LogP contribution in [0.5, 0.6) is 0 Å². The van der Waals surface area contributed by atoms with Crippen LogP contribution < -0.4 is 0 Å². The summed E-state index contributed by atoms with van der Waals surface area (Å²) in [6.45, 7) is 6.43. The molecule has 1 rings (SSSR count). The molecule has 12 heavy (non-hydrogen) atoms. The molecule has 1 atom stereocenters. The molecule has 0 aromatic heterocycles. The van der Waals surface area contributed by atoms with Crippen molar-refractivity contribution < 1.29 is 5.11 Å². The molecule has 1 heteroatoms. The lowest BCUT2D eigenvalue weighted by Gasteiger charge is -2.10. The first-order valence-electron chi connectivity index (χ1n) is 4.32. The SMILES string of the molecule is Cc1cc(C)cc([C@H](C)CO)c1. The molecule has 1 nitrogen and oxygen atoms in total. The highest BCUT2D eigenvalue weighted by atomic mass is 16.3. The van der Waals surface area contributed by atoms with Crippen molar-refractivity contribution in [1.82, 2.24) is 0 Å². The zero-order chi connectivity index (χ0) is 9.14. The maximum absolute atomic E-state index is 8.97.